The predicted octanol–water partition coefficient (Wildman–Crippen LogP) is 4.18. The van der Waals surface area contributed by atoms with Gasteiger partial charge in [-0.3, -0.25) is 0 Å². The maximum Gasteiger partial charge on any atom is 0.182 e. The fourth-order valence-corrected chi connectivity index (χ4v) is 3.14. The minimum atomic E-state index is 0.308. The van der Waals surface area contributed by atoms with E-state index in [0.717, 1.165) is 20.0 Å². The molecule has 0 aromatic carbocycles. The summed E-state index contributed by atoms with van der Waals surface area (Å²) in [5, 5.41) is 3.85. The van der Waals surface area contributed by atoms with Crippen molar-refractivity contribution in [2.75, 3.05) is 5.73 Å². The summed E-state index contributed by atoms with van der Waals surface area (Å²) in [6, 6.07) is 2.08. The molecular formula is C11H13BrN2OS. The largest absolute Gasteiger partial charge is 0.381 e. The van der Waals surface area contributed by atoms with Crippen LogP contribution >= 0.6 is 27.3 Å². The molecule has 2 N–H and O–H groups in total. The van der Waals surface area contributed by atoms with Crippen molar-refractivity contribution in [2.45, 2.75) is 26.7 Å². The molecule has 16 heavy (non-hydrogen) atoms. The lowest BCUT2D eigenvalue weighted by molar-refractivity contribution is 0.435. The molecule has 0 aliphatic rings. The van der Waals surface area contributed by atoms with Crippen molar-refractivity contribution in [3.05, 3.63) is 21.0 Å². The zero-order valence-corrected chi connectivity index (χ0v) is 11.8. The Morgan fingerprint density at radius 3 is 2.69 bits per heavy atom. The van der Waals surface area contributed by atoms with Gasteiger partial charge in [-0.25, -0.2) is 0 Å². The van der Waals surface area contributed by atoms with Crippen LogP contribution in [0, 0.1) is 6.92 Å². The number of nitrogen functional groups attached to an aromatic ring is 1. The molecular weight excluding hydrogens is 288 g/mol. The highest BCUT2D eigenvalue weighted by Gasteiger charge is 2.20. The Bertz CT molecular complexity index is 497. The molecule has 0 aliphatic heterocycles. The lowest BCUT2D eigenvalue weighted by Crippen LogP contribution is -1.94. The monoisotopic (exact) mass is 300 g/mol. The van der Waals surface area contributed by atoms with Gasteiger partial charge >= 0.3 is 0 Å². The third-order valence-corrected chi connectivity index (χ3v) is 4.55. The highest BCUT2D eigenvalue weighted by molar-refractivity contribution is 9.11. The number of aryl methyl sites for hydroxylation is 1. The van der Waals surface area contributed by atoms with Crippen LogP contribution in [-0.2, 0) is 0 Å². The van der Waals surface area contributed by atoms with Gasteiger partial charge in [-0.2, -0.15) is 0 Å². The summed E-state index contributed by atoms with van der Waals surface area (Å²) in [7, 11) is 0. The second-order valence-corrected chi connectivity index (χ2v) is 6.40. The number of halogens is 1. The first-order valence-corrected chi connectivity index (χ1v) is 6.63. The van der Waals surface area contributed by atoms with E-state index in [9.17, 15) is 0 Å². The number of anilines is 1. The topological polar surface area (TPSA) is 52.0 Å². The second-order valence-electron chi connectivity index (χ2n) is 4.03. The fourth-order valence-electron chi connectivity index (χ4n) is 1.62. The molecule has 5 heteroatoms. The van der Waals surface area contributed by atoms with Gasteiger partial charge in [0.05, 0.1) is 8.66 Å². The van der Waals surface area contributed by atoms with Crippen LogP contribution in [0.5, 0.6) is 0 Å². The summed E-state index contributed by atoms with van der Waals surface area (Å²) in [5.74, 6) is 1.60. The molecule has 0 saturated heterocycles. The zero-order valence-electron chi connectivity index (χ0n) is 9.37. The van der Waals surface area contributed by atoms with E-state index in [4.69, 9.17) is 10.3 Å². The minimum absolute atomic E-state index is 0.308. The SMILES string of the molecule is Cc1cc(-c2onc(N)c2C(C)C)sc1Br. The quantitative estimate of drug-likeness (QED) is 0.905. The number of hydrogen-bond acceptors (Lipinski definition) is 4. The molecule has 0 aliphatic carbocycles. The van der Waals surface area contributed by atoms with E-state index in [-0.39, 0.29) is 0 Å². The van der Waals surface area contributed by atoms with E-state index in [2.05, 4.69) is 47.9 Å². The van der Waals surface area contributed by atoms with Gasteiger partial charge in [-0.1, -0.05) is 19.0 Å². The summed E-state index contributed by atoms with van der Waals surface area (Å²) in [5.41, 5.74) is 8.01. The first kappa shape index (κ1) is 11.7. The molecule has 0 radical (unpaired) electrons. The number of rotatable bonds is 2. The van der Waals surface area contributed by atoms with Gasteiger partial charge in [-0.05, 0) is 40.4 Å². The smallest absolute Gasteiger partial charge is 0.182 e. The molecule has 0 fully saturated rings. The first-order valence-electron chi connectivity index (χ1n) is 5.02. The van der Waals surface area contributed by atoms with E-state index < -0.39 is 0 Å². The molecule has 0 atom stereocenters. The number of nitrogens with zero attached hydrogens (tertiary/aromatic N) is 1. The van der Waals surface area contributed by atoms with Crippen LogP contribution in [0.4, 0.5) is 5.82 Å². The third-order valence-electron chi connectivity index (χ3n) is 2.41. The first-order chi connectivity index (χ1) is 7.50. The molecule has 0 saturated carbocycles. The predicted molar refractivity (Wildman–Crippen MR) is 70.8 cm³/mol. The van der Waals surface area contributed by atoms with Crippen LogP contribution in [0.2, 0.25) is 0 Å². The Kier molecular flexibility index (Phi) is 3.08. The van der Waals surface area contributed by atoms with Crippen molar-refractivity contribution >= 4 is 33.1 Å². The maximum atomic E-state index is 5.81. The summed E-state index contributed by atoms with van der Waals surface area (Å²) in [6.07, 6.45) is 0. The molecule has 2 heterocycles. The highest BCUT2D eigenvalue weighted by atomic mass is 79.9. The lowest BCUT2D eigenvalue weighted by Gasteiger charge is -2.03. The standard InChI is InChI=1S/C11H13BrN2OS/c1-5(2)8-9(15-14-11(8)13)7-4-6(3)10(12)16-7/h4-5H,1-3H3,(H2,13,14). The van der Waals surface area contributed by atoms with Gasteiger partial charge in [0.15, 0.2) is 11.6 Å². The molecule has 2 rings (SSSR count). The van der Waals surface area contributed by atoms with Crippen LogP contribution in [0.1, 0.15) is 30.9 Å². The van der Waals surface area contributed by atoms with Crippen LogP contribution in [0.25, 0.3) is 10.6 Å². The van der Waals surface area contributed by atoms with Crippen molar-refractivity contribution in [3.8, 4) is 10.6 Å². The summed E-state index contributed by atoms with van der Waals surface area (Å²) >= 11 is 5.15. The van der Waals surface area contributed by atoms with Gasteiger partial charge in [-0.15, -0.1) is 11.3 Å². The molecule has 2 aromatic heterocycles. The van der Waals surface area contributed by atoms with Crippen LogP contribution < -0.4 is 5.73 Å². The Hall–Kier alpha value is -0.810. The van der Waals surface area contributed by atoms with E-state index in [0.29, 0.717) is 11.7 Å². The van der Waals surface area contributed by atoms with Gasteiger partial charge in [0, 0.05) is 5.56 Å². The van der Waals surface area contributed by atoms with Gasteiger partial charge < -0.3 is 10.3 Å². The molecule has 0 spiro atoms. The Morgan fingerprint density at radius 2 is 2.19 bits per heavy atom. The van der Waals surface area contributed by atoms with Crippen molar-refractivity contribution in [1.82, 2.24) is 5.16 Å². The minimum Gasteiger partial charge on any atom is -0.381 e. The summed E-state index contributed by atoms with van der Waals surface area (Å²) < 4.78 is 6.44. The van der Waals surface area contributed by atoms with E-state index in [1.807, 2.05) is 0 Å². The normalized spacial score (nSPS) is 11.3. The fraction of sp³-hybridized carbons (Fsp3) is 0.364. The van der Waals surface area contributed by atoms with Gasteiger partial charge in [0.1, 0.15) is 0 Å². The molecule has 86 valence electrons. The molecule has 0 unspecified atom stereocenters. The van der Waals surface area contributed by atoms with Gasteiger partial charge in [0.2, 0.25) is 0 Å². The Morgan fingerprint density at radius 1 is 1.50 bits per heavy atom. The molecule has 0 amide bonds. The number of hydrogen-bond donors (Lipinski definition) is 1. The van der Waals surface area contributed by atoms with Crippen LogP contribution in [-0.4, -0.2) is 5.16 Å². The molecule has 3 nitrogen and oxygen atoms in total. The maximum absolute atomic E-state index is 5.81. The Balaban J connectivity index is 2.56. The van der Waals surface area contributed by atoms with E-state index >= 15 is 0 Å². The van der Waals surface area contributed by atoms with Crippen molar-refractivity contribution in [2.24, 2.45) is 0 Å². The van der Waals surface area contributed by atoms with Crippen molar-refractivity contribution in [1.29, 1.82) is 0 Å². The average Bonchev–Trinajstić information content (AvgIpc) is 2.71. The lowest BCUT2D eigenvalue weighted by atomic mass is 10.0. The van der Waals surface area contributed by atoms with Crippen LogP contribution in [0.3, 0.4) is 0 Å². The number of aromatic nitrogens is 1. The third kappa shape index (κ3) is 1.89. The number of nitrogens with two attached hydrogens (primary N) is 1. The highest BCUT2D eigenvalue weighted by Crippen LogP contribution is 2.40. The van der Waals surface area contributed by atoms with Gasteiger partial charge in [0.25, 0.3) is 0 Å². The van der Waals surface area contributed by atoms with Crippen molar-refractivity contribution in [3.63, 3.8) is 0 Å². The second kappa shape index (κ2) is 4.22. The zero-order chi connectivity index (χ0) is 11.9. The van der Waals surface area contributed by atoms with E-state index in [1.165, 1.54) is 5.56 Å². The number of thiophene rings is 1. The Labute approximate surface area is 107 Å². The summed E-state index contributed by atoms with van der Waals surface area (Å²) in [4.78, 5) is 1.07. The molecule has 2 aromatic rings. The van der Waals surface area contributed by atoms with Crippen LogP contribution in [0.15, 0.2) is 14.4 Å². The summed E-state index contributed by atoms with van der Waals surface area (Å²) in [6.45, 7) is 6.22. The van der Waals surface area contributed by atoms with E-state index in [1.54, 1.807) is 11.3 Å². The molecule has 0 bridgehead atoms. The van der Waals surface area contributed by atoms with Crippen molar-refractivity contribution < 1.29 is 4.52 Å². The average molecular weight is 301 g/mol.